The minimum absolute atomic E-state index is 0.0513. The van der Waals surface area contributed by atoms with Gasteiger partial charge in [0.25, 0.3) is 0 Å². The smallest absolute Gasteiger partial charge is 0.239 e. The fraction of sp³-hybridized carbons (Fsp3) is 0.294. The van der Waals surface area contributed by atoms with E-state index in [1.807, 2.05) is 55.5 Å². The molecule has 1 heterocycles. The molecule has 1 atom stereocenters. The highest BCUT2D eigenvalue weighted by Crippen LogP contribution is 2.38. The number of aryl methyl sites for hydroxylation is 1. The topological polar surface area (TPSA) is 37.4 Å². The lowest BCUT2D eigenvalue weighted by atomic mass is 10.0. The number of benzene rings is 2. The first-order valence-electron chi connectivity index (χ1n) is 7.12. The van der Waals surface area contributed by atoms with Crippen molar-refractivity contribution in [2.24, 2.45) is 0 Å². The first-order valence-corrected chi connectivity index (χ1v) is 8.73. The van der Waals surface area contributed by atoms with E-state index in [0.29, 0.717) is 6.54 Å². The van der Waals surface area contributed by atoms with Crippen LogP contribution in [0.1, 0.15) is 29.5 Å². The van der Waals surface area contributed by atoms with Gasteiger partial charge in [-0.15, -0.1) is 0 Å². The molecular formula is C17H19NO2S. The highest BCUT2D eigenvalue weighted by Gasteiger charge is 2.33. The standard InChI is InChI=1S/C17H19NO2S/c1-13-6-5-7-15(10-13)12-21(19,20)18-11-14(2)16-8-3-4-9-17(16)18/h3-10,14H,11-12H2,1-2H3. The molecule has 1 unspecified atom stereocenters. The molecule has 0 fully saturated rings. The molecule has 0 aromatic heterocycles. The number of sulfonamides is 1. The van der Waals surface area contributed by atoms with Gasteiger partial charge in [0.1, 0.15) is 0 Å². The molecule has 4 heteroatoms. The number of hydrogen-bond donors (Lipinski definition) is 0. The predicted octanol–water partition coefficient (Wildman–Crippen LogP) is 3.45. The molecule has 1 aliphatic rings. The van der Waals surface area contributed by atoms with E-state index in [0.717, 1.165) is 22.4 Å². The van der Waals surface area contributed by atoms with Gasteiger partial charge in [0, 0.05) is 12.5 Å². The Kier molecular flexibility index (Phi) is 3.49. The van der Waals surface area contributed by atoms with Crippen molar-refractivity contribution in [3.63, 3.8) is 0 Å². The highest BCUT2D eigenvalue weighted by atomic mass is 32.2. The Morgan fingerprint density at radius 1 is 1.14 bits per heavy atom. The minimum Gasteiger partial charge on any atom is -0.269 e. The van der Waals surface area contributed by atoms with Gasteiger partial charge in [0.05, 0.1) is 11.4 Å². The van der Waals surface area contributed by atoms with Crippen LogP contribution in [0, 0.1) is 6.92 Å². The van der Waals surface area contributed by atoms with Gasteiger partial charge in [-0.25, -0.2) is 8.42 Å². The van der Waals surface area contributed by atoms with Crippen molar-refractivity contribution in [3.05, 3.63) is 65.2 Å². The second-order valence-corrected chi connectivity index (χ2v) is 7.63. The Balaban J connectivity index is 1.93. The quantitative estimate of drug-likeness (QED) is 0.871. The first kappa shape index (κ1) is 14.1. The molecule has 1 aliphatic heterocycles. The predicted molar refractivity (Wildman–Crippen MR) is 86.0 cm³/mol. The second-order valence-electron chi connectivity index (χ2n) is 5.74. The fourth-order valence-electron chi connectivity index (χ4n) is 2.93. The third-order valence-corrected chi connectivity index (χ3v) is 5.66. The van der Waals surface area contributed by atoms with Crippen LogP contribution in [0.5, 0.6) is 0 Å². The zero-order valence-electron chi connectivity index (χ0n) is 12.3. The van der Waals surface area contributed by atoms with E-state index in [4.69, 9.17) is 0 Å². The van der Waals surface area contributed by atoms with Crippen LogP contribution in [-0.2, 0) is 15.8 Å². The molecule has 0 radical (unpaired) electrons. The lowest BCUT2D eigenvalue weighted by Gasteiger charge is -2.20. The summed E-state index contributed by atoms with van der Waals surface area (Å²) in [5.41, 5.74) is 3.87. The summed E-state index contributed by atoms with van der Waals surface area (Å²) in [6.45, 7) is 4.58. The number of nitrogens with zero attached hydrogens (tertiary/aromatic N) is 1. The number of fused-ring (bicyclic) bond motifs is 1. The van der Waals surface area contributed by atoms with Crippen molar-refractivity contribution in [3.8, 4) is 0 Å². The van der Waals surface area contributed by atoms with Gasteiger partial charge in [-0.3, -0.25) is 4.31 Å². The molecule has 2 aromatic carbocycles. The third-order valence-electron chi connectivity index (χ3n) is 3.94. The summed E-state index contributed by atoms with van der Waals surface area (Å²) in [6, 6.07) is 15.5. The van der Waals surface area contributed by atoms with Crippen LogP contribution in [0.3, 0.4) is 0 Å². The minimum atomic E-state index is -3.34. The van der Waals surface area contributed by atoms with Crippen molar-refractivity contribution in [2.45, 2.75) is 25.5 Å². The molecule has 0 N–H and O–H groups in total. The summed E-state index contributed by atoms with van der Waals surface area (Å²) in [5.74, 6) is 0.295. The molecule has 0 bridgehead atoms. The monoisotopic (exact) mass is 301 g/mol. The van der Waals surface area contributed by atoms with Gasteiger partial charge in [-0.2, -0.15) is 0 Å². The van der Waals surface area contributed by atoms with E-state index in [2.05, 4.69) is 6.92 Å². The van der Waals surface area contributed by atoms with Gasteiger partial charge in [-0.1, -0.05) is 55.0 Å². The molecule has 3 rings (SSSR count). The summed E-state index contributed by atoms with van der Waals surface area (Å²) < 4.78 is 27.1. The van der Waals surface area contributed by atoms with E-state index < -0.39 is 10.0 Å². The zero-order chi connectivity index (χ0) is 15.0. The maximum atomic E-state index is 12.7. The van der Waals surface area contributed by atoms with Gasteiger partial charge in [-0.05, 0) is 24.1 Å². The van der Waals surface area contributed by atoms with Crippen LogP contribution < -0.4 is 4.31 Å². The largest absolute Gasteiger partial charge is 0.269 e. The van der Waals surface area contributed by atoms with Gasteiger partial charge < -0.3 is 0 Å². The Morgan fingerprint density at radius 3 is 2.67 bits per heavy atom. The molecule has 0 amide bonds. The third kappa shape index (κ3) is 2.68. The summed E-state index contributed by atoms with van der Waals surface area (Å²) in [6.07, 6.45) is 0. The molecule has 0 saturated heterocycles. The van der Waals surface area contributed by atoms with Crippen LogP contribution in [0.2, 0.25) is 0 Å². The van der Waals surface area contributed by atoms with E-state index >= 15 is 0 Å². The van der Waals surface area contributed by atoms with Crippen molar-refractivity contribution >= 4 is 15.7 Å². The van der Waals surface area contributed by atoms with Crippen molar-refractivity contribution in [1.82, 2.24) is 0 Å². The normalized spacial score (nSPS) is 17.8. The molecule has 110 valence electrons. The maximum absolute atomic E-state index is 12.7. The number of hydrogen-bond acceptors (Lipinski definition) is 2. The van der Waals surface area contributed by atoms with E-state index in [1.165, 1.54) is 0 Å². The number of anilines is 1. The molecule has 21 heavy (non-hydrogen) atoms. The van der Waals surface area contributed by atoms with E-state index in [9.17, 15) is 8.42 Å². The summed E-state index contributed by atoms with van der Waals surface area (Å²) in [7, 11) is -3.34. The van der Waals surface area contributed by atoms with Gasteiger partial charge in [0.15, 0.2) is 0 Å². The van der Waals surface area contributed by atoms with Crippen LogP contribution in [0.4, 0.5) is 5.69 Å². The lowest BCUT2D eigenvalue weighted by molar-refractivity contribution is 0.589. The van der Waals surface area contributed by atoms with Gasteiger partial charge in [0.2, 0.25) is 10.0 Å². The average Bonchev–Trinajstić information content (AvgIpc) is 2.77. The Hall–Kier alpha value is -1.81. The maximum Gasteiger partial charge on any atom is 0.239 e. The summed E-state index contributed by atoms with van der Waals surface area (Å²) in [5, 5.41) is 0. The molecular weight excluding hydrogens is 282 g/mol. The van der Waals surface area contributed by atoms with E-state index in [-0.39, 0.29) is 11.7 Å². The zero-order valence-corrected chi connectivity index (χ0v) is 13.1. The Labute approximate surface area is 126 Å². The van der Waals surface area contributed by atoms with E-state index in [1.54, 1.807) is 4.31 Å². The van der Waals surface area contributed by atoms with Crippen molar-refractivity contribution in [2.75, 3.05) is 10.8 Å². The molecule has 2 aromatic rings. The Bertz CT molecular complexity index is 768. The first-order chi connectivity index (χ1) is 9.97. The second kappa shape index (κ2) is 5.19. The van der Waals surface area contributed by atoms with Crippen LogP contribution in [-0.4, -0.2) is 15.0 Å². The number of rotatable bonds is 3. The molecule has 0 spiro atoms. The lowest BCUT2D eigenvalue weighted by Crippen LogP contribution is -2.30. The Morgan fingerprint density at radius 2 is 1.90 bits per heavy atom. The average molecular weight is 301 g/mol. The summed E-state index contributed by atoms with van der Waals surface area (Å²) in [4.78, 5) is 0. The van der Waals surface area contributed by atoms with Crippen molar-refractivity contribution < 1.29 is 8.42 Å². The fourth-order valence-corrected chi connectivity index (χ4v) is 4.60. The van der Waals surface area contributed by atoms with Crippen LogP contribution >= 0.6 is 0 Å². The van der Waals surface area contributed by atoms with Gasteiger partial charge >= 0.3 is 0 Å². The number of para-hydroxylation sites is 1. The molecule has 3 nitrogen and oxygen atoms in total. The molecule has 0 saturated carbocycles. The molecule has 0 aliphatic carbocycles. The van der Waals surface area contributed by atoms with Crippen molar-refractivity contribution in [1.29, 1.82) is 0 Å². The summed E-state index contributed by atoms with van der Waals surface area (Å²) >= 11 is 0. The van der Waals surface area contributed by atoms with Crippen LogP contribution in [0.25, 0.3) is 0 Å². The highest BCUT2D eigenvalue weighted by molar-refractivity contribution is 7.92. The van der Waals surface area contributed by atoms with Crippen LogP contribution in [0.15, 0.2) is 48.5 Å². The SMILES string of the molecule is Cc1cccc(CS(=O)(=O)N2CC(C)c3ccccc32)c1.